The summed E-state index contributed by atoms with van der Waals surface area (Å²) in [5.41, 5.74) is 5.86. The molecule has 0 radical (unpaired) electrons. The number of halogens is 1. The summed E-state index contributed by atoms with van der Waals surface area (Å²) in [6.07, 6.45) is 3.40. The molecule has 128 valence electrons. The standard InChI is InChI=1S/C17H15FN4O2S/c18-12-7-10(19)3-4-13(12)24-15-11-8-14(25-16(11)21-9-20-15)17(23)22-5-1-2-6-22/h3-4,7-9H,1-2,5-6,19H2. The normalized spacial score (nSPS) is 14.2. The van der Waals surface area contributed by atoms with Crippen molar-refractivity contribution < 1.29 is 13.9 Å². The van der Waals surface area contributed by atoms with Crippen molar-refractivity contribution in [2.75, 3.05) is 18.8 Å². The first kappa shape index (κ1) is 15.8. The molecule has 1 fully saturated rings. The molecule has 1 saturated heterocycles. The Kier molecular flexibility index (Phi) is 3.96. The van der Waals surface area contributed by atoms with Crippen molar-refractivity contribution in [2.45, 2.75) is 12.8 Å². The number of benzene rings is 1. The molecule has 6 nitrogen and oxygen atoms in total. The molecule has 0 atom stereocenters. The molecule has 0 unspecified atom stereocenters. The van der Waals surface area contributed by atoms with Crippen LogP contribution in [0.25, 0.3) is 10.2 Å². The highest BCUT2D eigenvalue weighted by Gasteiger charge is 2.23. The second-order valence-corrected chi connectivity index (χ2v) is 6.83. The molecule has 0 spiro atoms. The molecule has 3 aromatic rings. The molecule has 0 saturated carbocycles. The number of hydrogen-bond acceptors (Lipinski definition) is 6. The third-order valence-electron chi connectivity index (χ3n) is 4.06. The minimum Gasteiger partial charge on any atom is -0.435 e. The summed E-state index contributed by atoms with van der Waals surface area (Å²) in [5.74, 6) is -0.348. The Morgan fingerprint density at radius 3 is 2.80 bits per heavy atom. The van der Waals surface area contributed by atoms with Gasteiger partial charge in [0.1, 0.15) is 11.2 Å². The van der Waals surface area contributed by atoms with Gasteiger partial charge in [0.15, 0.2) is 11.6 Å². The van der Waals surface area contributed by atoms with Crippen LogP contribution in [0.15, 0.2) is 30.6 Å². The fraction of sp³-hybridized carbons (Fsp3) is 0.235. The largest absolute Gasteiger partial charge is 0.435 e. The lowest BCUT2D eigenvalue weighted by Crippen LogP contribution is -2.26. The minimum absolute atomic E-state index is 0.00915. The van der Waals surface area contributed by atoms with E-state index >= 15 is 0 Å². The monoisotopic (exact) mass is 358 g/mol. The molecule has 4 rings (SSSR count). The van der Waals surface area contributed by atoms with Crippen LogP contribution in [0.4, 0.5) is 10.1 Å². The fourth-order valence-corrected chi connectivity index (χ4v) is 3.76. The van der Waals surface area contributed by atoms with Crippen LogP contribution in [-0.4, -0.2) is 33.9 Å². The highest BCUT2D eigenvalue weighted by Crippen LogP contribution is 2.34. The van der Waals surface area contributed by atoms with Gasteiger partial charge in [0, 0.05) is 24.8 Å². The number of carbonyl (C=O) groups excluding carboxylic acids is 1. The molecule has 1 aromatic carbocycles. The van der Waals surface area contributed by atoms with Crippen LogP contribution in [-0.2, 0) is 0 Å². The minimum atomic E-state index is -0.574. The molecular weight excluding hydrogens is 343 g/mol. The van der Waals surface area contributed by atoms with Crippen molar-refractivity contribution in [3.8, 4) is 11.6 Å². The van der Waals surface area contributed by atoms with Crippen molar-refractivity contribution in [3.05, 3.63) is 41.3 Å². The lowest BCUT2D eigenvalue weighted by atomic mass is 10.3. The van der Waals surface area contributed by atoms with Crippen molar-refractivity contribution in [1.82, 2.24) is 14.9 Å². The van der Waals surface area contributed by atoms with Crippen LogP contribution in [0.2, 0.25) is 0 Å². The predicted molar refractivity (Wildman–Crippen MR) is 93.4 cm³/mol. The van der Waals surface area contributed by atoms with Gasteiger partial charge in [-0.1, -0.05) is 0 Å². The van der Waals surface area contributed by atoms with Crippen molar-refractivity contribution >= 4 is 33.1 Å². The van der Waals surface area contributed by atoms with Gasteiger partial charge in [0.2, 0.25) is 5.88 Å². The number of nitrogen functional groups attached to an aromatic ring is 1. The topological polar surface area (TPSA) is 81.3 Å². The van der Waals surface area contributed by atoms with Crippen molar-refractivity contribution in [1.29, 1.82) is 0 Å². The van der Waals surface area contributed by atoms with Gasteiger partial charge in [-0.15, -0.1) is 11.3 Å². The van der Waals surface area contributed by atoms with Crippen LogP contribution in [0.3, 0.4) is 0 Å². The zero-order chi connectivity index (χ0) is 17.4. The van der Waals surface area contributed by atoms with E-state index in [0.717, 1.165) is 25.9 Å². The van der Waals surface area contributed by atoms with Crippen LogP contribution in [0, 0.1) is 5.82 Å². The molecule has 1 aliphatic rings. The van der Waals surface area contributed by atoms with Gasteiger partial charge in [-0.25, -0.2) is 14.4 Å². The number of hydrogen-bond donors (Lipinski definition) is 1. The van der Waals surface area contributed by atoms with E-state index in [1.54, 1.807) is 12.1 Å². The first-order valence-electron chi connectivity index (χ1n) is 7.88. The Morgan fingerprint density at radius 1 is 1.24 bits per heavy atom. The predicted octanol–water partition coefficient (Wildman–Crippen LogP) is 3.44. The Balaban J connectivity index is 1.68. The lowest BCUT2D eigenvalue weighted by Gasteiger charge is -2.13. The number of anilines is 1. The van der Waals surface area contributed by atoms with Crippen LogP contribution in [0.5, 0.6) is 11.6 Å². The van der Waals surface area contributed by atoms with E-state index in [1.807, 2.05) is 4.90 Å². The van der Waals surface area contributed by atoms with Gasteiger partial charge in [-0.3, -0.25) is 4.79 Å². The number of carbonyl (C=O) groups is 1. The molecular formula is C17H15FN4O2S. The smallest absolute Gasteiger partial charge is 0.264 e. The van der Waals surface area contributed by atoms with E-state index in [2.05, 4.69) is 9.97 Å². The maximum Gasteiger partial charge on any atom is 0.264 e. The number of nitrogens with two attached hydrogens (primary N) is 1. The first-order chi connectivity index (χ1) is 12.1. The van der Waals surface area contributed by atoms with E-state index in [9.17, 15) is 9.18 Å². The third-order valence-corrected chi connectivity index (χ3v) is 5.09. The number of rotatable bonds is 3. The molecule has 25 heavy (non-hydrogen) atoms. The maximum absolute atomic E-state index is 14.0. The second kappa shape index (κ2) is 6.29. The van der Waals surface area contributed by atoms with Gasteiger partial charge in [0.25, 0.3) is 5.91 Å². The molecule has 8 heteroatoms. The average Bonchev–Trinajstić information content (AvgIpc) is 3.26. The molecule has 2 aromatic heterocycles. The lowest BCUT2D eigenvalue weighted by molar-refractivity contribution is 0.0797. The van der Waals surface area contributed by atoms with E-state index < -0.39 is 5.82 Å². The summed E-state index contributed by atoms with van der Waals surface area (Å²) >= 11 is 1.29. The van der Waals surface area contributed by atoms with E-state index in [4.69, 9.17) is 10.5 Å². The second-order valence-electron chi connectivity index (χ2n) is 5.80. The molecule has 3 heterocycles. The number of aromatic nitrogens is 2. The molecule has 2 N–H and O–H groups in total. The number of thiophene rings is 1. The Labute approximate surface area is 147 Å². The summed E-state index contributed by atoms with van der Waals surface area (Å²) in [4.78, 5) is 23.9. The summed E-state index contributed by atoms with van der Waals surface area (Å²) in [6, 6.07) is 5.89. The fourth-order valence-electron chi connectivity index (χ4n) is 2.80. The SMILES string of the molecule is Nc1ccc(Oc2ncnc3sc(C(=O)N4CCCC4)cc23)c(F)c1. The zero-order valence-electron chi connectivity index (χ0n) is 13.2. The third kappa shape index (κ3) is 3.00. The van der Waals surface area contributed by atoms with Crippen LogP contribution >= 0.6 is 11.3 Å². The van der Waals surface area contributed by atoms with Gasteiger partial charge < -0.3 is 15.4 Å². The summed E-state index contributed by atoms with van der Waals surface area (Å²) < 4.78 is 19.6. The Morgan fingerprint density at radius 2 is 2.04 bits per heavy atom. The van der Waals surface area contributed by atoms with Gasteiger partial charge in [0.05, 0.1) is 10.3 Å². The van der Waals surface area contributed by atoms with Crippen LogP contribution < -0.4 is 10.5 Å². The number of fused-ring (bicyclic) bond motifs is 1. The Hall–Kier alpha value is -2.74. The zero-order valence-corrected chi connectivity index (χ0v) is 14.1. The van der Waals surface area contributed by atoms with Crippen molar-refractivity contribution in [3.63, 3.8) is 0 Å². The van der Waals surface area contributed by atoms with Gasteiger partial charge in [-0.05, 0) is 31.0 Å². The van der Waals surface area contributed by atoms with Gasteiger partial charge in [-0.2, -0.15) is 0 Å². The highest BCUT2D eigenvalue weighted by atomic mass is 32.1. The highest BCUT2D eigenvalue weighted by molar-refractivity contribution is 7.20. The quantitative estimate of drug-likeness (QED) is 0.725. The van der Waals surface area contributed by atoms with E-state index in [1.165, 1.54) is 29.8 Å². The average molecular weight is 358 g/mol. The number of amides is 1. The number of nitrogens with zero attached hydrogens (tertiary/aromatic N) is 3. The van der Waals surface area contributed by atoms with E-state index in [-0.39, 0.29) is 17.5 Å². The first-order valence-corrected chi connectivity index (χ1v) is 8.70. The van der Waals surface area contributed by atoms with E-state index in [0.29, 0.717) is 20.8 Å². The maximum atomic E-state index is 14.0. The number of likely N-dealkylation sites (tertiary alicyclic amines) is 1. The molecule has 0 aliphatic carbocycles. The molecule has 0 bridgehead atoms. The molecule has 1 amide bonds. The summed E-state index contributed by atoms with van der Waals surface area (Å²) in [6.45, 7) is 1.55. The molecule has 1 aliphatic heterocycles. The van der Waals surface area contributed by atoms with Gasteiger partial charge >= 0.3 is 0 Å². The Bertz CT molecular complexity index is 953. The number of ether oxygens (including phenoxy) is 1. The van der Waals surface area contributed by atoms with Crippen LogP contribution in [0.1, 0.15) is 22.5 Å². The summed E-state index contributed by atoms with van der Waals surface area (Å²) in [5, 5.41) is 0.589. The van der Waals surface area contributed by atoms with Crippen molar-refractivity contribution in [2.24, 2.45) is 0 Å². The summed E-state index contributed by atoms with van der Waals surface area (Å²) in [7, 11) is 0.